The van der Waals surface area contributed by atoms with E-state index in [-0.39, 0.29) is 35.7 Å². The van der Waals surface area contributed by atoms with Crippen LogP contribution in [0.2, 0.25) is 0 Å². The second-order valence-electron chi connectivity index (χ2n) is 10.8. The first kappa shape index (κ1) is 27.8. The van der Waals surface area contributed by atoms with Crippen molar-refractivity contribution in [2.45, 2.75) is 62.9 Å². The monoisotopic (exact) mass is 532 g/mol. The van der Waals surface area contributed by atoms with Gasteiger partial charge in [-0.05, 0) is 65.6 Å². The number of rotatable bonds is 9. The van der Waals surface area contributed by atoms with Crippen LogP contribution >= 0.6 is 11.8 Å². The lowest BCUT2D eigenvalue weighted by Gasteiger charge is -2.38. The highest BCUT2D eigenvalue weighted by Crippen LogP contribution is 2.46. The zero-order valence-corrected chi connectivity index (χ0v) is 23.3. The summed E-state index contributed by atoms with van der Waals surface area (Å²) in [5, 5.41) is 20.4. The van der Waals surface area contributed by atoms with Gasteiger partial charge in [-0.25, -0.2) is 4.79 Å². The van der Waals surface area contributed by atoms with Gasteiger partial charge >= 0.3 is 5.97 Å². The number of esters is 1. The largest absolute Gasteiger partial charge is 0.511 e. The van der Waals surface area contributed by atoms with Gasteiger partial charge < -0.3 is 19.7 Å². The van der Waals surface area contributed by atoms with Crippen molar-refractivity contribution < 1.29 is 24.5 Å². The minimum atomic E-state index is -1.02. The summed E-state index contributed by atoms with van der Waals surface area (Å²) in [6.45, 7) is 8.56. The molecule has 0 saturated heterocycles. The maximum atomic E-state index is 13.6. The van der Waals surface area contributed by atoms with Crippen molar-refractivity contribution in [2.75, 3.05) is 13.2 Å². The van der Waals surface area contributed by atoms with Gasteiger partial charge in [0.1, 0.15) is 28.6 Å². The Morgan fingerprint density at radius 3 is 2.37 bits per heavy atom. The van der Waals surface area contributed by atoms with Crippen molar-refractivity contribution in [1.29, 1.82) is 0 Å². The third-order valence-electron chi connectivity index (χ3n) is 6.75. The Balaban J connectivity index is 1.68. The Morgan fingerprint density at radius 2 is 1.74 bits per heavy atom. The van der Waals surface area contributed by atoms with Gasteiger partial charge in [-0.15, -0.1) is 0 Å². The molecule has 0 radical (unpaired) electrons. The summed E-state index contributed by atoms with van der Waals surface area (Å²) in [5.41, 5.74) is 2.98. The van der Waals surface area contributed by atoms with E-state index in [1.807, 2.05) is 49.4 Å². The van der Waals surface area contributed by atoms with E-state index in [1.54, 1.807) is 12.1 Å². The second-order valence-corrected chi connectivity index (χ2v) is 11.8. The summed E-state index contributed by atoms with van der Waals surface area (Å²) >= 11 is 1.28. The molecule has 200 valence electrons. The van der Waals surface area contributed by atoms with Crippen molar-refractivity contribution in [3.8, 4) is 5.75 Å². The van der Waals surface area contributed by atoms with Crippen LogP contribution in [0.4, 0.5) is 0 Å². The SMILES string of the molecule is Cc1ccc(C(C)(C)C)c(SC2=C(O)CC(CCc3ccccc3)(c3ccc(OCCO)cc3)OC2=O)c1. The maximum absolute atomic E-state index is 13.6. The molecule has 0 fully saturated rings. The fraction of sp³-hybridized carbons (Fsp3) is 0.344. The number of aliphatic hydroxyl groups is 2. The molecule has 1 unspecified atom stereocenters. The number of thioether (sulfide) groups is 1. The predicted octanol–water partition coefficient (Wildman–Crippen LogP) is 7.00. The molecule has 1 aliphatic heterocycles. The highest BCUT2D eigenvalue weighted by atomic mass is 32.2. The lowest BCUT2D eigenvalue weighted by atomic mass is 9.82. The molecule has 0 spiro atoms. The van der Waals surface area contributed by atoms with Crippen LogP contribution in [-0.4, -0.2) is 29.4 Å². The Kier molecular flexibility index (Phi) is 8.54. The Morgan fingerprint density at radius 1 is 1.03 bits per heavy atom. The van der Waals surface area contributed by atoms with Crippen LogP contribution in [0.15, 0.2) is 88.4 Å². The third-order valence-corrected chi connectivity index (χ3v) is 7.91. The zero-order valence-electron chi connectivity index (χ0n) is 22.5. The highest BCUT2D eigenvalue weighted by Gasteiger charge is 2.44. The van der Waals surface area contributed by atoms with E-state index >= 15 is 0 Å². The average molecular weight is 533 g/mol. The van der Waals surface area contributed by atoms with Crippen LogP contribution in [0, 0.1) is 6.92 Å². The normalized spacial score (nSPS) is 17.9. The first-order valence-electron chi connectivity index (χ1n) is 12.9. The number of carbonyl (C=O) groups is 1. The van der Waals surface area contributed by atoms with Gasteiger partial charge in [-0.1, -0.05) is 87.1 Å². The van der Waals surface area contributed by atoms with Crippen LogP contribution < -0.4 is 4.74 Å². The highest BCUT2D eigenvalue weighted by molar-refractivity contribution is 8.04. The van der Waals surface area contributed by atoms with Crippen molar-refractivity contribution in [1.82, 2.24) is 0 Å². The summed E-state index contributed by atoms with van der Waals surface area (Å²) in [6, 6.07) is 23.6. The number of ether oxygens (including phenoxy) is 2. The number of benzene rings is 3. The Bertz CT molecular complexity index is 1290. The van der Waals surface area contributed by atoms with Gasteiger partial charge in [0.2, 0.25) is 0 Å². The van der Waals surface area contributed by atoms with Crippen LogP contribution in [0.5, 0.6) is 5.75 Å². The van der Waals surface area contributed by atoms with Crippen molar-refractivity contribution >= 4 is 17.7 Å². The summed E-state index contributed by atoms with van der Waals surface area (Å²) in [4.78, 5) is 14.7. The van der Waals surface area contributed by atoms with Crippen LogP contribution in [0.3, 0.4) is 0 Å². The topological polar surface area (TPSA) is 76.0 Å². The van der Waals surface area contributed by atoms with Crippen LogP contribution in [0.1, 0.15) is 55.9 Å². The molecule has 0 aliphatic carbocycles. The fourth-order valence-electron chi connectivity index (χ4n) is 4.73. The Hall–Kier alpha value is -3.22. The van der Waals surface area contributed by atoms with Crippen molar-refractivity contribution in [3.05, 3.63) is 106 Å². The first-order valence-corrected chi connectivity index (χ1v) is 13.8. The van der Waals surface area contributed by atoms with E-state index in [2.05, 4.69) is 39.0 Å². The number of carbonyl (C=O) groups excluding carboxylic acids is 1. The van der Waals surface area contributed by atoms with E-state index in [9.17, 15) is 9.90 Å². The van der Waals surface area contributed by atoms with Gasteiger partial charge in [0, 0.05) is 4.90 Å². The number of aliphatic hydroxyl groups excluding tert-OH is 2. The lowest BCUT2D eigenvalue weighted by Crippen LogP contribution is -2.38. The molecule has 3 aromatic rings. The van der Waals surface area contributed by atoms with Gasteiger partial charge in [-0.2, -0.15) is 0 Å². The average Bonchev–Trinajstić information content (AvgIpc) is 2.88. The smallest absolute Gasteiger partial charge is 0.349 e. The van der Waals surface area contributed by atoms with E-state index in [0.29, 0.717) is 18.6 Å². The van der Waals surface area contributed by atoms with Crippen LogP contribution in [-0.2, 0) is 27.0 Å². The van der Waals surface area contributed by atoms with E-state index in [4.69, 9.17) is 14.6 Å². The molecule has 0 bridgehead atoms. The zero-order chi connectivity index (χ0) is 27.3. The summed E-state index contributed by atoms with van der Waals surface area (Å²) in [6.07, 6.45) is 1.37. The van der Waals surface area contributed by atoms with Crippen molar-refractivity contribution in [3.63, 3.8) is 0 Å². The van der Waals surface area contributed by atoms with Crippen molar-refractivity contribution in [2.24, 2.45) is 0 Å². The molecule has 38 heavy (non-hydrogen) atoms. The van der Waals surface area contributed by atoms with Gasteiger partial charge in [0.05, 0.1) is 13.0 Å². The summed E-state index contributed by atoms with van der Waals surface area (Å²) in [7, 11) is 0. The standard InChI is InChI=1S/C32H36O5S/c1-22-10-15-26(31(2,3)4)28(20-22)38-29-27(34)21-32(37-30(29)35,17-16-23-8-6-5-7-9-23)24-11-13-25(14-12-24)36-19-18-33/h5-15,20,33-34H,16-19,21H2,1-4H3. The van der Waals surface area contributed by atoms with E-state index in [0.717, 1.165) is 27.1 Å². The van der Waals surface area contributed by atoms with Gasteiger partial charge in [0.15, 0.2) is 0 Å². The molecule has 2 N–H and O–H groups in total. The molecule has 0 saturated carbocycles. The molecule has 1 heterocycles. The molecule has 4 rings (SSSR count). The lowest BCUT2D eigenvalue weighted by molar-refractivity contribution is -0.160. The van der Waals surface area contributed by atoms with Gasteiger partial charge in [-0.3, -0.25) is 0 Å². The summed E-state index contributed by atoms with van der Waals surface area (Å²) < 4.78 is 11.8. The molecular weight excluding hydrogens is 496 g/mol. The number of hydrogen-bond donors (Lipinski definition) is 2. The molecule has 0 aromatic heterocycles. The molecule has 6 heteroatoms. The van der Waals surface area contributed by atoms with E-state index in [1.165, 1.54) is 11.8 Å². The maximum Gasteiger partial charge on any atom is 0.349 e. The Labute approximate surface area is 229 Å². The molecule has 5 nitrogen and oxygen atoms in total. The summed E-state index contributed by atoms with van der Waals surface area (Å²) in [5.74, 6) is 0.142. The first-order chi connectivity index (χ1) is 18.1. The fourth-order valence-corrected chi connectivity index (χ4v) is 5.99. The predicted molar refractivity (Wildman–Crippen MR) is 152 cm³/mol. The minimum absolute atomic E-state index is 0.0429. The molecule has 0 amide bonds. The third kappa shape index (κ3) is 6.43. The molecular formula is C32H36O5S. The molecule has 3 aromatic carbocycles. The second kappa shape index (κ2) is 11.7. The number of aryl methyl sites for hydroxylation is 2. The van der Waals surface area contributed by atoms with Gasteiger partial charge in [0.25, 0.3) is 0 Å². The number of hydrogen-bond acceptors (Lipinski definition) is 6. The quantitative estimate of drug-likeness (QED) is 0.289. The number of cyclic esters (lactones) is 1. The molecule has 1 atom stereocenters. The van der Waals surface area contributed by atoms with E-state index < -0.39 is 11.6 Å². The van der Waals surface area contributed by atoms with Crippen LogP contribution in [0.25, 0.3) is 0 Å². The molecule has 1 aliphatic rings. The minimum Gasteiger partial charge on any atom is -0.511 e.